The van der Waals surface area contributed by atoms with Crippen LogP contribution in [-0.4, -0.2) is 18.9 Å². The first-order valence-electron chi connectivity index (χ1n) is 9.16. The van der Waals surface area contributed by atoms with Gasteiger partial charge in [-0.05, 0) is 52.8 Å². The molecule has 0 bridgehead atoms. The number of carbonyl (C=O) groups is 1. The van der Waals surface area contributed by atoms with E-state index in [-0.39, 0.29) is 0 Å². The van der Waals surface area contributed by atoms with E-state index >= 15 is 0 Å². The molecule has 0 radical (unpaired) electrons. The third-order valence-electron chi connectivity index (χ3n) is 5.21. The van der Waals surface area contributed by atoms with Crippen LogP contribution in [0.1, 0.15) is 30.0 Å². The summed E-state index contributed by atoms with van der Waals surface area (Å²) in [4.78, 5) is 11.9. The van der Waals surface area contributed by atoms with Gasteiger partial charge >= 0.3 is 5.97 Å². The van der Waals surface area contributed by atoms with Crippen LogP contribution in [0.2, 0.25) is 0 Å². The molecule has 2 aliphatic carbocycles. The number of hydrogen-bond donors (Lipinski definition) is 0. The van der Waals surface area contributed by atoms with Crippen molar-refractivity contribution in [2.45, 2.75) is 25.6 Å². The molecule has 3 nitrogen and oxygen atoms in total. The molecular weight excluding hydrogens is 336 g/mol. The summed E-state index contributed by atoms with van der Waals surface area (Å²) in [5, 5.41) is 0. The van der Waals surface area contributed by atoms with Crippen LogP contribution in [0.4, 0.5) is 0 Å². The summed E-state index contributed by atoms with van der Waals surface area (Å²) >= 11 is 0. The van der Waals surface area contributed by atoms with Gasteiger partial charge in [-0.2, -0.15) is 0 Å². The first-order chi connectivity index (χ1) is 13.2. The van der Waals surface area contributed by atoms with Crippen LogP contribution in [0, 0.1) is 0 Å². The minimum absolute atomic E-state index is 0.406. The molecule has 2 aliphatic rings. The van der Waals surface area contributed by atoms with Crippen molar-refractivity contribution in [1.82, 2.24) is 0 Å². The minimum Gasteiger partial charge on any atom is -0.426 e. The predicted octanol–water partition coefficient (Wildman–Crippen LogP) is 5.06. The molecule has 3 heteroatoms. The molecule has 0 saturated carbocycles. The Morgan fingerprint density at radius 1 is 1.07 bits per heavy atom. The van der Waals surface area contributed by atoms with Crippen LogP contribution in [0.3, 0.4) is 0 Å². The quantitative estimate of drug-likeness (QED) is 0.371. The lowest BCUT2D eigenvalue weighted by Crippen LogP contribution is -2.35. The predicted molar refractivity (Wildman–Crippen MR) is 107 cm³/mol. The Labute approximate surface area is 159 Å². The van der Waals surface area contributed by atoms with Gasteiger partial charge in [-0.15, -0.1) is 0 Å². The molecule has 2 aromatic rings. The van der Waals surface area contributed by atoms with E-state index in [0.717, 1.165) is 12.0 Å². The monoisotopic (exact) mass is 358 g/mol. The Kier molecular flexibility index (Phi) is 4.54. The third-order valence-corrected chi connectivity index (χ3v) is 5.21. The number of carbonyl (C=O) groups excluding carboxylic acids is 1. The van der Waals surface area contributed by atoms with Crippen molar-refractivity contribution < 1.29 is 14.3 Å². The Hall–Kier alpha value is -2.91. The van der Waals surface area contributed by atoms with Crippen LogP contribution < -0.4 is 0 Å². The average molecular weight is 358 g/mol. The molecule has 0 aliphatic heterocycles. The highest BCUT2D eigenvalue weighted by molar-refractivity contribution is 5.87. The zero-order chi connectivity index (χ0) is 18.9. The number of esters is 1. The topological polar surface area (TPSA) is 35.5 Å². The molecule has 136 valence electrons. The van der Waals surface area contributed by atoms with Crippen LogP contribution in [0.5, 0.6) is 0 Å². The lowest BCUT2D eigenvalue weighted by atomic mass is 9.91. The number of methoxy groups -OCH3 is 1. The highest BCUT2D eigenvalue weighted by Crippen LogP contribution is 2.41. The summed E-state index contributed by atoms with van der Waals surface area (Å²) in [5.41, 5.74) is 7.71. The summed E-state index contributed by atoms with van der Waals surface area (Å²) in [6.45, 7) is 1.78. The van der Waals surface area contributed by atoms with Gasteiger partial charge < -0.3 is 9.47 Å². The van der Waals surface area contributed by atoms with Gasteiger partial charge in [-0.1, -0.05) is 60.7 Å². The molecule has 0 aromatic heterocycles. The molecule has 0 saturated heterocycles. The summed E-state index contributed by atoms with van der Waals surface area (Å²) < 4.78 is 11.0. The van der Waals surface area contributed by atoms with Crippen molar-refractivity contribution in [3.63, 3.8) is 0 Å². The molecule has 4 rings (SSSR count). The van der Waals surface area contributed by atoms with E-state index < -0.39 is 11.8 Å². The number of rotatable bonds is 4. The average Bonchev–Trinajstić information content (AvgIpc) is 3.07. The maximum atomic E-state index is 11.9. The van der Waals surface area contributed by atoms with Crippen LogP contribution in [0.25, 0.3) is 16.7 Å². The van der Waals surface area contributed by atoms with E-state index in [0.29, 0.717) is 6.42 Å². The van der Waals surface area contributed by atoms with Gasteiger partial charge in [0, 0.05) is 19.6 Å². The number of allylic oxidation sites excluding steroid dienone is 3. The number of fused-ring (bicyclic) bond motifs is 3. The fraction of sp³-hybridized carbons (Fsp3) is 0.208. The van der Waals surface area contributed by atoms with Gasteiger partial charge in [0.2, 0.25) is 5.79 Å². The highest BCUT2D eigenvalue weighted by atomic mass is 16.7. The van der Waals surface area contributed by atoms with Crippen molar-refractivity contribution in [2.75, 3.05) is 7.11 Å². The lowest BCUT2D eigenvalue weighted by molar-refractivity contribution is -0.194. The first kappa shape index (κ1) is 17.5. The second kappa shape index (κ2) is 7.01. The van der Waals surface area contributed by atoms with Crippen LogP contribution in [-0.2, 0) is 20.7 Å². The zero-order valence-corrected chi connectivity index (χ0v) is 15.6. The molecule has 1 atom stereocenters. The van der Waals surface area contributed by atoms with Crippen molar-refractivity contribution in [3.05, 3.63) is 89.5 Å². The smallest absolute Gasteiger partial charge is 0.333 e. The summed E-state index contributed by atoms with van der Waals surface area (Å²) in [6.07, 6.45) is 10.4. The molecule has 2 aromatic carbocycles. The Bertz CT molecular complexity index is 981. The van der Waals surface area contributed by atoms with E-state index in [9.17, 15) is 4.79 Å². The summed E-state index contributed by atoms with van der Waals surface area (Å²) in [7, 11) is 1.56. The van der Waals surface area contributed by atoms with E-state index in [4.69, 9.17) is 9.47 Å². The standard InChI is InChI=1S/C24H22O3/c1-3-7-23(25)27-24(26-2)14-12-17(13-15-24)19-10-6-11-21-20-9-5-4-8-18(20)16-22(19)21/h3-14H,15-16H2,1-2H3. The van der Waals surface area contributed by atoms with Gasteiger partial charge in [0.15, 0.2) is 0 Å². The number of ether oxygens (including phenoxy) is 2. The van der Waals surface area contributed by atoms with E-state index in [1.54, 1.807) is 20.1 Å². The van der Waals surface area contributed by atoms with Gasteiger partial charge in [0.25, 0.3) is 0 Å². The molecule has 0 amide bonds. The second-order valence-electron chi connectivity index (χ2n) is 6.80. The molecule has 0 fully saturated rings. The normalized spacial score (nSPS) is 20.3. The molecule has 1 unspecified atom stereocenters. The molecule has 27 heavy (non-hydrogen) atoms. The van der Waals surface area contributed by atoms with Crippen LogP contribution in [0.15, 0.2) is 72.8 Å². The molecular formula is C24H22O3. The molecule has 0 heterocycles. The van der Waals surface area contributed by atoms with Crippen LogP contribution >= 0.6 is 0 Å². The van der Waals surface area contributed by atoms with E-state index in [2.05, 4.69) is 48.5 Å². The van der Waals surface area contributed by atoms with Gasteiger partial charge in [-0.25, -0.2) is 4.79 Å². The van der Waals surface area contributed by atoms with Gasteiger partial charge in [0.1, 0.15) is 0 Å². The maximum absolute atomic E-state index is 11.9. The Morgan fingerprint density at radius 3 is 2.59 bits per heavy atom. The SMILES string of the molecule is CC=CC(=O)OC1(OC)C=CC(c2cccc3c2Cc2ccccc2-3)=CC1. The first-order valence-corrected chi connectivity index (χ1v) is 9.16. The third kappa shape index (κ3) is 3.15. The highest BCUT2D eigenvalue weighted by Gasteiger charge is 2.33. The zero-order valence-electron chi connectivity index (χ0n) is 15.6. The van der Waals surface area contributed by atoms with Crippen molar-refractivity contribution in [1.29, 1.82) is 0 Å². The fourth-order valence-electron chi connectivity index (χ4n) is 3.84. The number of benzene rings is 2. The molecule has 0 N–H and O–H groups in total. The van der Waals surface area contributed by atoms with Gasteiger partial charge in [-0.3, -0.25) is 0 Å². The van der Waals surface area contributed by atoms with E-state index in [1.807, 2.05) is 12.2 Å². The number of hydrogen-bond acceptors (Lipinski definition) is 3. The largest absolute Gasteiger partial charge is 0.426 e. The van der Waals surface area contributed by atoms with Crippen molar-refractivity contribution in [2.24, 2.45) is 0 Å². The van der Waals surface area contributed by atoms with E-state index in [1.165, 1.54) is 33.9 Å². The van der Waals surface area contributed by atoms with Crippen molar-refractivity contribution >= 4 is 11.5 Å². The summed E-state index contributed by atoms with van der Waals surface area (Å²) in [6, 6.07) is 15.0. The minimum atomic E-state index is -1.04. The summed E-state index contributed by atoms with van der Waals surface area (Å²) in [5.74, 6) is -1.45. The molecule has 0 spiro atoms. The Morgan fingerprint density at radius 2 is 1.85 bits per heavy atom. The Balaban J connectivity index is 1.63. The van der Waals surface area contributed by atoms with Crippen molar-refractivity contribution in [3.8, 4) is 11.1 Å². The maximum Gasteiger partial charge on any atom is 0.333 e. The second-order valence-corrected chi connectivity index (χ2v) is 6.80. The lowest BCUT2D eigenvalue weighted by Gasteiger charge is -2.30. The fourth-order valence-corrected chi connectivity index (χ4v) is 3.84. The van der Waals surface area contributed by atoms with Gasteiger partial charge in [0.05, 0.1) is 0 Å².